The Bertz CT molecular complexity index is 198. The van der Waals surface area contributed by atoms with Gasteiger partial charge in [0.2, 0.25) is 0 Å². The number of rotatable bonds is 6. The summed E-state index contributed by atoms with van der Waals surface area (Å²) in [6.07, 6.45) is 4.94. The molecule has 0 aliphatic carbocycles. The zero-order chi connectivity index (χ0) is 10.7. The molecule has 15 heavy (non-hydrogen) atoms. The highest BCUT2D eigenvalue weighted by Gasteiger charge is 2.40. The number of hydrogen-bond acceptors (Lipinski definition) is 3. The van der Waals surface area contributed by atoms with Crippen LogP contribution in [0, 0.1) is 5.92 Å². The molecule has 2 saturated heterocycles. The van der Waals surface area contributed by atoms with Gasteiger partial charge in [-0.25, -0.2) is 0 Å². The first-order valence-corrected chi connectivity index (χ1v) is 6.26. The average Bonchev–Trinajstić information content (AvgIpc) is 2.84. The van der Waals surface area contributed by atoms with Crippen molar-refractivity contribution in [2.24, 2.45) is 5.92 Å². The standard InChI is InChI=1S/C12H23NO2/c1-3-14-8-9(2)13-7-10-6-11-4-5-12(10)15-11/h9-13H,3-8H2,1-2H3. The molecule has 2 fully saturated rings. The molecule has 4 unspecified atom stereocenters. The lowest BCUT2D eigenvalue weighted by molar-refractivity contribution is 0.0896. The summed E-state index contributed by atoms with van der Waals surface area (Å²) in [7, 11) is 0. The third-order valence-electron chi connectivity index (χ3n) is 3.53. The van der Waals surface area contributed by atoms with E-state index in [0.29, 0.717) is 18.2 Å². The number of fused-ring (bicyclic) bond motifs is 2. The van der Waals surface area contributed by atoms with Gasteiger partial charge in [-0.2, -0.15) is 0 Å². The Labute approximate surface area is 92.5 Å². The Kier molecular flexibility index (Phi) is 4.00. The largest absolute Gasteiger partial charge is 0.380 e. The normalized spacial score (nSPS) is 36.0. The maximum atomic E-state index is 5.83. The fourth-order valence-corrected chi connectivity index (χ4v) is 2.66. The van der Waals surface area contributed by atoms with Gasteiger partial charge >= 0.3 is 0 Å². The highest BCUT2D eigenvalue weighted by molar-refractivity contribution is 4.90. The van der Waals surface area contributed by atoms with E-state index < -0.39 is 0 Å². The van der Waals surface area contributed by atoms with E-state index in [2.05, 4.69) is 12.2 Å². The molecule has 88 valence electrons. The Morgan fingerprint density at radius 1 is 1.47 bits per heavy atom. The highest BCUT2D eigenvalue weighted by Crippen LogP contribution is 2.38. The van der Waals surface area contributed by atoms with Crippen LogP contribution in [0.25, 0.3) is 0 Å². The summed E-state index contributed by atoms with van der Waals surface area (Å²) in [6.45, 7) is 6.94. The molecule has 0 amide bonds. The first-order valence-electron chi connectivity index (χ1n) is 6.26. The lowest BCUT2D eigenvalue weighted by atomic mass is 9.89. The minimum Gasteiger partial charge on any atom is -0.380 e. The molecule has 2 bridgehead atoms. The van der Waals surface area contributed by atoms with Gasteiger partial charge in [-0.1, -0.05) is 0 Å². The van der Waals surface area contributed by atoms with E-state index in [1.807, 2.05) is 6.92 Å². The van der Waals surface area contributed by atoms with Gasteiger partial charge in [0.25, 0.3) is 0 Å². The maximum Gasteiger partial charge on any atom is 0.0621 e. The van der Waals surface area contributed by atoms with Crippen LogP contribution in [0.2, 0.25) is 0 Å². The van der Waals surface area contributed by atoms with Crippen molar-refractivity contribution in [3.63, 3.8) is 0 Å². The van der Waals surface area contributed by atoms with Gasteiger partial charge in [-0.3, -0.25) is 0 Å². The van der Waals surface area contributed by atoms with Crippen LogP contribution in [-0.2, 0) is 9.47 Å². The lowest BCUT2D eigenvalue weighted by Gasteiger charge is -2.21. The second-order valence-electron chi connectivity index (χ2n) is 4.84. The molecule has 2 rings (SSSR count). The molecule has 0 saturated carbocycles. The Hall–Kier alpha value is -0.120. The van der Waals surface area contributed by atoms with E-state index in [9.17, 15) is 0 Å². The first-order chi connectivity index (χ1) is 7.29. The molecular formula is C12H23NO2. The van der Waals surface area contributed by atoms with Crippen LogP contribution in [0.5, 0.6) is 0 Å². The second-order valence-corrected chi connectivity index (χ2v) is 4.84. The SMILES string of the molecule is CCOCC(C)NCC1CC2CCC1O2. The van der Waals surface area contributed by atoms with Gasteiger partial charge in [-0.15, -0.1) is 0 Å². The number of ether oxygens (including phenoxy) is 2. The fourth-order valence-electron chi connectivity index (χ4n) is 2.66. The molecule has 0 aromatic rings. The third kappa shape index (κ3) is 2.92. The summed E-state index contributed by atoms with van der Waals surface area (Å²) in [5, 5.41) is 3.54. The maximum absolute atomic E-state index is 5.83. The van der Waals surface area contributed by atoms with Gasteiger partial charge < -0.3 is 14.8 Å². The van der Waals surface area contributed by atoms with Crippen molar-refractivity contribution in [1.82, 2.24) is 5.32 Å². The van der Waals surface area contributed by atoms with Crippen molar-refractivity contribution in [2.45, 2.75) is 51.4 Å². The minimum atomic E-state index is 0.462. The highest BCUT2D eigenvalue weighted by atomic mass is 16.5. The Balaban J connectivity index is 1.61. The van der Waals surface area contributed by atoms with Crippen molar-refractivity contribution < 1.29 is 9.47 Å². The summed E-state index contributed by atoms with van der Waals surface area (Å²) in [5.74, 6) is 0.743. The molecule has 3 heteroatoms. The van der Waals surface area contributed by atoms with Crippen LogP contribution >= 0.6 is 0 Å². The summed E-state index contributed by atoms with van der Waals surface area (Å²) in [5.41, 5.74) is 0. The van der Waals surface area contributed by atoms with Gasteiger partial charge in [-0.05, 0) is 33.1 Å². The molecule has 2 aliphatic heterocycles. The first kappa shape index (κ1) is 11.4. The molecule has 1 N–H and O–H groups in total. The van der Waals surface area contributed by atoms with Gasteiger partial charge in [0.05, 0.1) is 18.8 Å². The lowest BCUT2D eigenvalue weighted by Crippen LogP contribution is -2.37. The molecule has 2 aliphatic rings. The monoisotopic (exact) mass is 213 g/mol. The van der Waals surface area contributed by atoms with Crippen molar-refractivity contribution >= 4 is 0 Å². The molecule has 3 nitrogen and oxygen atoms in total. The summed E-state index contributed by atoms with van der Waals surface area (Å²) >= 11 is 0. The zero-order valence-corrected chi connectivity index (χ0v) is 9.87. The quantitative estimate of drug-likeness (QED) is 0.726. The van der Waals surface area contributed by atoms with Crippen LogP contribution in [0.1, 0.15) is 33.1 Å². The molecule has 0 aromatic heterocycles. The third-order valence-corrected chi connectivity index (χ3v) is 3.53. The van der Waals surface area contributed by atoms with E-state index in [1.165, 1.54) is 19.3 Å². The van der Waals surface area contributed by atoms with Crippen molar-refractivity contribution in [3.05, 3.63) is 0 Å². The minimum absolute atomic E-state index is 0.462. The van der Waals surface area contributed by atoms with Crippen LogP contribution in [0.15, 0.2) is 0 Å². The molecule has 0 radical (unpaired) electrons. The zero-order valence-electron chi connectivity index (χ0n) is 9.87. The predicted molar refractivity (Wildman–Crippen MR) is 60.0 cm³/mol. The topological polar surface area (TPSA) is 30.5 Å². The second kappa shape index (κ2) is 5.28. The van der Waals surface area contributed by atoms with Crippen LogP contribution in [-0.4, -0.2) is 38.0 Å². The van der Waals surface area contributed by atoms with E-state index in [-0.39, 0.29) is 0 Å². The van der Waals surface area contributed by atoms with Gasteiger partial charge in [0.15, 0.2) is 0 Å². The molecule has 0 aromatic carbocycles. The van der Waals surface area contributed by atoms with Crippen LogP contribution < -0.4 is 5.32 Å². The Morgan fingerprint density at radius 3 is 2.93 bits per heavy atom. The number of nitrogens with one attached hydrogen (secondary N) is 1. The van der Waals surface area contributed by atoms with Crippen LogP contribution in [0.4, 0.5) is 0 Å². The van der Waals surface area contributed by atoms with Crippen molar-refractivity contribution in [1.29, 1.82) is 0 Å². The predicted octanol–water partition coefficient (Wildman–Crippen LogP) is 1.57. The summed E-state index contributed by atoms with van der Waals surface area (Å²) in [4.78, 5) is 0. The molecular weight excluding hydrogens is 190 g/mol. The fraction of sp³-hybridized carbons (Fsp3) is 1.00. The Morgan fingerprint density at radius 2 is 2.33 bits per heavy atom. The van der Waals surface area contributed by atoms with E-state index in [4.69, 9.17) is 9.47 Å². The van der Waals surface area contributed by atoms with E-state index in [1.54, 1.807) is 0 Å². The number of hydrogen-bond donors (Lipinski definition) is 1. The smallest absolute Gasteiger partial charge is 0.0621 e. The summed E-state index contributed by atoms with van der Waals surface area (Å²) in [6, 6.07) is 0.462. The molecule has 4 atom stereocenters. The van der Waals surface area contributed by atoms with E-state index in [0.717, 1.165) is 25.7 Å². The van der Waals surface area contributed by atoms with E-state index >= 15 is 0 Å². The average molecular weight is 213 g/mol. The van der Waals surface area contributed by atoms with Crippen molar-refractivity contribution in [3.8, 4) is 0 Å². The molecule has 2 heterocycles. The van der Waals surface area contributed by atoms with Gasteiger partial charge in [0.1, 0.15) is 0 Å². The molecule has 0 spiro atoms. The van der Waals surface area contributed by atoms with Crippen LogP contribution in [0.3, 0.4) is 0 Å². The van der Waals surface area contributed by atoms with Crippen molar-refractivity contribution in [2.75, 3.05) is 19.8 Å². The summed E-state index contributed by atoms with van der Waals surface area (Å²) < 4.78 is 11.2. The van der Waals surface area contributed by atoms with Gasteiger partial charge in [0, 0.05) is 25.1 Å².